The largest absolute Gasteiger partial charge is 0.456 e. The zero-order valence-corrected chi connectivity index (χ0v) is 29.5. The van der Waals surface area contributed by atoms with Crippen molar-refractivity contribution in [2.24, 2.45) is 0 Å². The topological polar surface area (TPSA) is 16.4 Å². The van der Waals surface area contributed by atoms with E-state index in [1.165, 1.54) is 57.2 Å². The third-order valence-corrected chi connectivity index (χ3v) is 12.6. The summed E-state index contributed by atoms with van der Waals surface area (Å²) in [5, 5.41) is 7.49. The zero-order valence-electron chi connectivity index (χ0n) is 27.9. The fourth-order valence-electron chi connectivity index (χ4n) is 7.77. The first-order chi connectivity index (χ1) is 25.7. The van der Waals surface area contributed by atoms with Crippen molar-refractivity contribution in [2.75, 3.05) is 4.90 Å². The predicted molar refractivity (Wildman–Crippen MR) is 225 cm³/mol. The molecule has 0 spiro atoms. The maximum Gasteiger partial charge on any atom is 0.135 e. The molecule has 11 aromatic rings. The Hall–Kier alpha value is -6.20. The fourth-order valence-corrected chi connectivity index (χ4v) is 10.1. The van der Waals surface area contributed by atoms with Crippen molar-refractivity contribution in [2.45, 2.75) is 0 Å². The van der Waals surface area contributed by atoms with Crippen molar-refractivity contribution < 1.29 is 4.42 Å². The van der Waals surface area contributed by atoms with E-state index in [0.717, 1.165) is 44.4 Å². The molecule has 8 aromatic carbocycles. The molecule has 0 atom stereocenters. The van der Waals surface area contributed by atoms with Crippen LogP contribution in [0.5, 0.6) is 0 Å². The number of benzene rings is 8. The quantitative estimate of drug-likeness (QED) is 0.178. The smallest absolute Gasteiger partial charge is 0.135 e. The molecule has 3 heterocycles. The van der Waals surface area contributed by atoms with E-state index in [1.807, 2.05) is 34.8 Å². The van der Waals surface area contributed by atoms with E-state index in [9.17, 15) is 0 Å². The minimum Gasteiger partial charge on any atom is -0.456 e. The number of hydrogen-bond acceptors (Lipinski definition) is 4. The lowest BCUT2D eigenvalue weighted by atomic mass is 10.0. The molecule has 0 N–H and O–H groups in total. The van der Waals surface area contributed by atoms with Crippen molar-refractivity contribution in [1.29, 1.82) is 0 Å². The van der Waals surface area contributed by atoms with Crippen molar-refractivity contribution in [3.63, 3.8) is 0 Å². The molecular formula is C48H29NOS2. The Morgan fingerprint density at radius 2 is 0.942 bits per heavy atom. The van der Waals surface area contributed by atoms with E-state index in [-0.39, 0.29) is 0 Å². The molecule has 52 heavy (non-hydrogen) atoms. The lowest BCUT2D eigenvalue weighted by Gasteiger charge is -2.27. The predicted octanol–water partition coefficient (Wildman–Crippen LogP) is 15.1. The van der Waals surface area contributed by atoms with E-state index in [1.54, 1.807) is 0 Å². The average molecular weight is 700 g/mol. The second-order valence-electron chi connectivity index (χ2n) is 13.3. The van der Waals surface area contributed by atoms with Crippen molar-refractivity contribution in [3.8, 4) is 22.3 Å². The monoisotopic (exact) mass is 699 g/mol. The summed E-state index contributed by atoms with van der Waals surface area (Å²) in [7, 11) is 0. The number of furan rings is 1. The van der Waals surface area contributed by atoms with Crippen LogP contribution in [0.3, 0.4) is 0 Å². The van der Waals surface area contributed by atoms with Crippen molar-refractivity contribution in [3.05, 3.63) is 176 Å². The van der Waals surface area contributed by atoms with Gasteiger partial charge in [0.05, 0.1) is 10.4 Å². The first-order valence-corrected chi connectivity index (χ1v) is 19.1. The lowest BCUT2D eigenvalue weighted by Crippen LogP contribution is -2.10. The van der Waals surface area contributed by atoms with E-state index in [0.29, 0.717) is 0 Å². The molecule has 11 rings (SSSR count). The summed E-state index contributed by atoms with van der Waals surface area (Å²) in [6.45, 7) is 0. The molecule has 3 aromatic heterocycles. The molecule has 2 nitrogen and oxygen atoms in total. The number of fused-ring (bicyclic) bond motifs is 9. The van der Waals surface area contributed by atoms with Gasteiger partial charge in [0, 0.05) is 57.8 Å². The Morgan fingerprint density at radius 1 is 0.346 bits per heavy atom. The molecule has 0 saturated carbocycles. The normalized spacial score (nSPS) is 11.8. The van der Waals surface area contributed by atoms with Gasteiger partial charge in [0.15, 0.2) is 0 Å². The summed E-state index contributed by atoms with van der Waals surface area (Å²) < 4.78 is 11.4. The van der Waals surface area contributed by atoms with Crippen molar-refractivity contribution >= 4 is 102 Å². The standard InChI is InChI=1S/C48H29NOS2/c1-4-16-43-36(11-1)40-28-33(21-25-44(40)50-43)31-9-7-10-35(27-31)49(42-15-8-14-39-37-12-2-6-18-46(37)52-48(39)42)34-23-19-30(20-24-34)32-22-26-47-41(29-32)38-13-3-5-17-45(38)51-47/h1-29H. The van der Waals surface area contributed by atoms with E-state index < -0.39 is 0 Å². The Labute approximate surface area is 308 Å². The summed E-state index contributed by atoms with van der Waals surface area (Å²) >= 11 is 3.72. The van der Waals surface area contributed by atoms with Gasteiger partial charge in [-0.3, -0.25) is 0 Å². The molecule has 0 saturated heterocycles. The Morgan fingerprint density at radius 3 is 1.81 bits per heavy atom. The van der Waals surface area contributed by atoms with E-state index in [2.05, 4.69) is 169 Å². The average Bonchev–Trinajstić information content (AvgIpc) is 3.89. The molecule has 0 radical (unpaired) electrons. The minimum absolute atomic E-state index is 0.908. The van der Waals surface area contributed by atoms with Crippen LogP contribution in [0.15, 0.2) is 180 Å². The lowest BCUT2D eigenvalue weighted by molar-refractivity contribution is 0.669. The third kappa shape index (κ3) is 4.69. The summed E-state index contributed by atoms with van der Waals surface area (Å²) in [5.41, 5.74) is 9.97. The summed E-state index contributed by atoms with van der Waals surface area (Å²) in [4.78, 5) is 2.42. The highest BCUT2D eigenvalue weighted by molar-refractivity contribution is 7.26. The van der Waals surface area contributed by atoms with Gasteiger partial charge in [0.1, 0.15) is 11.2 Å². The van der Waals surface area contributed by atoms with Gasteiger partial charge in [-0.2, -0.15) is 0 Å². The molecule has 0 fully saturated rings. The fraction of sp³-hybridized carbons (Fsp3) is 0. The molecule has 0 aliphatic heterocycles. The van der Waals surface area contributed by atoms with Gasteiger partial charge in [-0.05, 0) is 95.1 Å². The number of nitrogens with zero attached hydrogens (tertiary/aromatic N) is 1. The van der Waals surface area contributed by atoms with Crippen LogP contribution in [0.1, 0.15) is 0 Å². The van der Waals surface area contributed by atoms with Crippen LogP contribution in [-0.2, 0) is 0 Å². The van der Waals surface area contributed by atoms with E-state index in [4.69, 9.17) is 4.42 Å². The van der Waals surface area contributed by atoms with Crippen LogP contribution in [0.2, 0.25) is 0 Å². The number of anilines is 3. The molecular weight excluding hydrogens is 671 g/mol. The zero-order chi connectivity index (χ0) is 34.2. The summed E-state index contributed by atoms with van der Waals surface area (Å²) in [6.07, 6.45) is 0. The van der Waals surface area contributed by atoms with Crippen LogP contribution >= 0.6 is 22.7 Å². The first-order valence-electron chi connectivity index (χ1n) is 17.5. The molecule has 0 aliphatic rings. The summed E-state index contributed by atoms with van der Waals surface area (Å²) in [5.74, 6) is 0. The van der Waals surface area contributed by atoms with Gasteiger partial charge in [0.25, 0.3) is 0 Å². The minimum atomic E-state index is 0.908. The second-order valence-corrected chi connectivity index (χ2v) is 15.4. The molecule has 0 unspecified atom stereocenters. The first kappa shape index (κ1) is 29.5. The Bertz CT molecular complexity index is 3150. The van der Waals surface area contributed by atoms with Gasteiger partial charge in [-0.15, -0.1) is 22.7 Å². The van der Waals surface area contributed by atoms with Crippen molar-refractivity contribution in [1.82, 2.24) is 0 Å². The highest BCUT2D eigenvalue weighted by atomic mass is 32.1. The number of rotatable bonds is 5. The van der Waals surface area contributed by atoms with Gasteiger partial charge < -0.3 is 9.32 Å². The third-order valence-electron chi connectivity index (χ3n) is 10.3. The molecule has 244 valence electrons. The van der Waals surface area contributed by atoms with Crippen LogP contribution in [-0.4, -0.2) is 0 Å². The highest BCUT2D eigenvalue weighted by Crippen LogP contribution is 2.46. The SMILES string of the molecule is c1cc(-c2ccc3oc4ccccc4c3c2)cc(N(c2ccc(-c3ccc4sc5ccccc5c4c3)cc2)c2cccc3c2sc2ccccc23)c1. The summed E-state index contributed by atoms with van der Waals surface area (Å²) in [6, 6.07) is 63.8. The molecule has 0 bridgehead atoms. The maximum atomic E-state index is 6.16. The maximum absolute atomic E-state index is 6.16. The van der Waals surface area contributed by atoms with Gasteiger partial charge >= 0.3 is 0 Å². The van der Waals surface area contributed by atoms with Gasteiger partial charge in [-0.25, -0.2) is 0 Å². The highest BCUT2D eigenvalue weighted by Gasteiger charge is 2.19. The van der Waals surface area contributed by atoms with Crippen LogP contribution in [0.4, 0.5) is 17.1 Å². The molecule has 0 aliphatic carbocycles. The van der Waals surface area contributed by atoms with Crippen LogP contribution < -0.4 is 4.90 Å². The second kappa shape index (κ2) is 11.7. The number of hydrogen-bond donors (Lipinski definition) is 0. The van der Waals surface area contributed by atoms with E-state index >= 15 is 0 Å². The van der Waals surface area contributed by atoms with Crippen LogP contribution in [0.25, 0.3) is 84.5 Å². The molecule has 0 amide bonds. The number of thiophene rings is 2. The van der Waals surface area contributed by atoms with Gasteiger partial charge in [-0.1, -0.05) is 103 Å². The Balaban J connectivity index is 1.06. The molecule has 4 heteroatoms. The van der Waals surface area contributed by atoms with Gasteiger partial charge in [0.2, 0.25) is 0 Å². The number of para-hydroxylation sites is 1. The Kier molecular flexibility index (Phi) is 6.63. The van der Waals surface area contributed by atoms with Crippen LogP contribution in [0, 0.1) is 0 Å².